The van der Waals surface area contributed by atoms with Crippen LogP contribution in [0.1, 0.15) is 33.6 Å². The lowest BCUT2D eigenvalue weighted by Crippen LogP contribution is -2.33. The largest absolute Gasteiger partial charge is 0.385 e. The maximum atomic E-state index is 11.6. The Morgan fingerprint density at radius 3 is 2.41 bits per heavy atom. The molecule has 0 amide bonds. The van der Waals surface area contributed by atoms with Crippen LogP contribution >= 0.6 is 11.6 Å². The number of hydrogen-bond donors (Lipinski definition) is 1. The topological polar surface area (TPSA) is 55.4 Å². The first-order valence-corrected chi connectivity index (χ1v) is 7.85. The highest BCUT2D eigenvalue weighted by Gasteiger charge is 2.18. The first-order valence-electron chi connectivity index (χ1n) is 5.76. The van der Waals surface area contributed by atoms with E-state index in [1.165, 1.54) is 0 Å². The molecule has 0 saturated heterocycles. The molecule has 17 heavy (non-hydrogen) atoms. The van der Waals surface area contributed by atoms with E-state index in [1.807, 2.05) is 0 Å². The van der Waals surface area contributed by atoms with Crippen LogP contribution in [0, 0.1) is 5.41 Å². The summed E-state index contributed by atoms with van der Waals surface area (Å²) < 4.78 is 30.4. The van der Waals surface area contributed by atoms with Gasteiger partial charge in [0.25, 0.3) is 0 Å². The third-order valence-corrected chi connectivity index (χ3v) is 3.86. The number of ether oxygens (including phenoxy) is 1. The smallest absolute Gasteiger partial charge is 0.211 e. The van der Waals surface area contributed by atoms with Crippen molar-refractivity contribution >= 4 is 21.6 Å². The Morgan fingerprint density at radius 2 is 1.94 bits per heavy atom. The fraction of sp³-hybridized carbons (Fsp3) is 1.00. The zero-order valence-corrected chi connectivity index (χ0v) is 12.7. The summed E-state index contributed by atoms with van der Waals surface area (Å²) in [5, 5.41) is -0.174. The summed E-state index contributed by atoms with van der Waals surface area (Å²) in [6.07, 6.45) is 1.27. The van der Waals surface area contributed by atoms with Gasteiger partial charge in [0.15, 0.2) is 0 Å². The van der Waals surface area contributed by atoms with Gasteiger partial charge in [-0.2, -0.15) is 0 Å². The summed E-state index contributed by atoms with van der Waals surface area (Å²) in [5.74, 6) is 0.0833. The van der Waals surface area contributed by atoms with Gasteiger partial charge < -0.3 is 4.74 Å². The average molecular weight is 286 g/mol. The summed E-state index contributed by atoms with van der Waals surface area (Å²) in [7, 11) is -1.67. The lowest BCUT2D eigenvalue weighted by Gasteiger charge is -2.21. The number of sulfonamides is 1. The molecule has 1 N–H and O–H groups in total. The second-order valence-corrected chi connectivity index (χ2v) is 7.92. The molecular formula is C11H24ClNO3S. The maximum absolute atomic E-state index is 11.6. The molecule has 0 aliphatic heterocycles. The van der Waals surface area contributed by atoms with Crippen molar-refractivity contribution in [1.82, 2.24) is 4.72 Å². The summed E-state index contributed by atoms with van der Waals surface area (Å²) in [5.41, 5.74) is 0.105. The van der Waals surface area contributed by atoms with Gasteiger partial charge in [0.1, 0.15) is 0 Å². The molecule has 0 saturated carbocycles. The molecule has 0 aromatic carbocycles. The van der Waals surface area contributed by atoms with Crippen LogP contribution in [-0.4, -0.2) is 39.8 Å². The SMILES string of the molecule is COCCCS(=O)(=O)NCC(Cl)CC(C)(C)C. The molecule has 0 bridgehead atoms. The highest BCUT2D eigenvalue weighted by molar-refractivity contribution is 7.89. The zero-order valence-electron chi connectivity index (χ0n) is 11.1. The van der Waals surface area contributed by atoms with Crippen molar-refractivity contribution < 1.29 is 13.2 Å². The number of halogens is 1. The van der Waals surface area contributed by atoms with Crippen LogP contribution in [0.15, 0.2) is 0 Å². The van der Waals surface area contributed by atoms with Crippen molar-refractivity contribution in [3.8, 4) is 0 Å². The second kappa shape index (κ2) is 7.56. The fourth-order valence-electron chi connectivity index (χ4n) is 1.42. The van der Waals surface area contributed by atoms with Gasteiger partial charge in [0, 0.05) is 25.6 Å². The van der Waals surface area contributed by atoms with Crippen LogP contribution in [-0.2, 0) is 14.8 Å². The van der Waals surface area contributed by atoms with Crippen LogP contribution in [0.3, 0.4) is 0 Å². The monoisotopic (exact) mass is 285 g/mol. The standard InChI is InChI=1S/C11H24ClNO3S/c1-11(2,3)8-10(12)9-13-17(14,15)7-5-6-16-4/h10,13H,5-9H2,1-4H3. The highest BCUT2D eigenvalue weighted by atomic mass is 35.5. The zero-order chi connectivity index (χ0) is 13.5. The molecule has 1 atom stereocenters. The Labute approximate surface area is 110 Å². The molecule has 4 nitrogen and oxygen atoms in total. The first kappa shape index (κ1) is 17.2. The number of rotatable bonds is 8. The molecule has 0 spiro atoms. The molecule has 0 fully saturated rings. The van der Waals surface area contributed by atoms with E-state index in [0.717, 1.165) is 6.42 Å². The second-order valence-electron chi connectivity index (χ2n) is 5.38. The van der Waals surface area contributed by atoms with Crippen molar-refractivity contribution in [3.63, 3.8) is 0 Å². The van der Waals surface area contributed by atoms with Gasteiger partial charge in [-0.05, 0) is 18.3 Å². The third-order valence-electron chi connectivity index (χ3n) is 2.12. The summed E-state index contributed by atoms with van der Waals surface area (Å²) >= 11 is 6.08. The van der Waals surface area contributed by atoms with E-state index in [0.29, 0.717) is 13.0 Å². The quantitative estimate of drug-likeness (QED) is 0.548. The van der Waals surface area contributed by atoms with Gasteiger partial charge in [-0.15, -0.1) is 11.6 Å². The van der Waals surface area contributed by atoms with Gasteiger partial charge in [-0.1, -0.05) is 20.8 Å². The minimum Gasteiger partial charge on any atom is -0.385 e. The minimum absolute atomic E-state index is 0.0833. The van der Waals surface area contributed by atoms with Crippen LogP contribution in [0.2, 0.25) is 0 Å². The Morgan fingerprint density at radius 1 is 1.35 bits per heavy atom. The van der Waals surface area contributed by atoms with Crippen LogP contribution in [0.25, 0.3) is 0 Å². The Balaban J connectivity index is 3.93. The van der Waals surface area contributed by atoms with Crippen LogP contribution in [0.5, 0.6) is 0 Å². The van der Waals surface area contributed by atoms with Crippen molar-refractivity contribution in [2.75, 3.05) is 26.0 Å². The van der Waals surface area contributed by atoms with E-state index in [-0.39, 0.29) is 23.1 Å². The first-order chi connectivity index (χ1) is 7.66. The fourth-order valence-corrected chi connectivity index (χ4v) is 3.15. The van der Waals surface area contributed by atoms with Crippen molar-refractivity contribution in [2.24, 2.45) is 5.41 Å². The predicted molar refractivity (Wildman–Crippen MR) is 72.0 cm³/mol. The van der Waals surface area contributed by atoms with E-state index in [2.05, 4.69) is 25.5 Å². The lowest BCUT2D eigenvalue weighted by atomic mass is 9.90. The van der Waals surface area contributed by atoms with Gasteiger partial charge >= 0.3 is 0 Å². The molecule has 0 radical (unpaired) electrons. The Bertz CT molecular complexity index is 298. The summed E-state index contributed by atoms with van der Waals surface area (Å²) in [4.78, 5) is 0. The number of methoxy groups -OCH3 is 1. The molecule has 0 heterocycles. The van der Waals surface area contributed by atoms with Crippen molar-refractivity contribution in [2.45, 2.75) is 39.0 Å². The highest BCUT2D eigenvalue weighted by Crippen LogP contribution is 2.23. The van der Waals surface area contributed by atoms with E-state index in [9.17, 15) is 8.42 Å². The van der Waals surface area contributed by atoms with E-state index in [1.54, 1.807) is 7.11 Å². The number of hydrogen-bond acceptors (Lipinski definition) is 3. The molecule has 0 rings (SSSR count). The Kier molecular flexibility index (Phi) is 7.63. The lowest BCUT2D eigenvalue weighted by molar-refractivity contribution is 0.199. The van der Waals surface area contributed by atoms with Gasteiger partial charge in [-0.25, -0.2) is 13.1 Å². The van der Waals surface area contributed by atoms with Gasteiger partial charge in [-0.3, -0.25) is 0 Å². The Hall–Kier alpha value is 0.160. The predicted octanol–water partition coefficient (Wildman–Crippen LogP) is 1.99. The molecule has 0 aliphatic rings. The number of alkyl halides is 1. The molecule has 0 aromatic heterocycles. The summed E-state index contributed by atoms with van der Waals surface area (Å²) in [6.45, 7) is 6.97. The van der Waals surface area contributed by atoms with E-state index in [4.69, 9.17) is 16.3 Å². The van der Waals surface area contributed by atoms with Crippen molar-refractivity contribution in [1.29, 1.82) is 0 Å². The molecule has 104 valence electrons. The van der Waals surface area contributed by atoms with Crippen LogP contribution in [0.4, 0.5) is 0 Å². The van der Waals surface area contributed by atoms with E-state index < -0.39 is 10.0 Å². The normalized spacial score (nSPS) is 14.9. The number of nitrogens with one attached hydrogen (secondary N) is 1. The minimum atomic E-state index is -3.22. The third kappa shape index (κ3) is 11.0. The average Bonchev–Trinajstić information content (AvgIpc) is 2.13. The van der Waals surface area contributed by atoms with E-state index >= 15 is 0 Å². The van der Waals surface area contributed by atoms with Gasteiger partial charge in [0.2, 0.25) is 10.0 Å². The molecular weight excluding hydrogens is 262 g/mol. The molecule has 6 heteroatoms. The van der Waals surface area contributed by atoms with Gasteiger partial charge in [0.05, 0.1) is 5.75 Å². The molecule has 0 aromatic rings. The molecule has 1 unspecified atom stereocenters. The van der Waals surface area contributed by atoms with Crippen LogP contribution < -0.4 is 4.72 Å². The van der Waals surface area contributed by atoms with Crippen molar-refractivity contribution in [3.05, 3.63) is 0 Å². The summed E-state index contributed by atoms with van der Waals surface area (Å²) in [6, 6.07) is 0. The maximum Gasteiger partial charge on any atom is 0.211 e. The molecule has 0 aliphatic carbocycles.